The number of aromatic nitrogens is 2. The Hall–Kier alpha value is -2.72. The van der Waals surface area contributed by atoms with Crippen LogP contribution in [0.3, 0.4) is 0 Å². The zero-order valence-electron chi connectivity index (χ0n) is 17.4. The van der Waals surface area contributed by atoms with Gasteiger partial charge in [0.1, 0.15) is 21.1 Å². The van der Waals surface area contributed by atoms with Crippen molar-refractivity contribution in [3.8, 4) is 11.3 Å². The second kappa shape index (κ2) is 9.19. The highest BCUT2D eigenvalue weighted by molar-refractivity contribution is 7.71. The van der Waals surface area contributed by atoms with E-state index in [0.717, 1.165) is 32.3 Å². The van der Waals surface area contributed by atoms with Gasteiger partial charge in [-0.3, -0.25) is 0 Å². The van der Waals surface area contributed by atoms with Gasteiger partial charge in [0, 0.05) is 31.7 Å². The first-order valence-corrected chi connectivity index (χ1v) is 12.3. The van der Waals surface area contributed by atoms with Crippen molar-refractivity contribution >= 4 is 43.6 Å². The summed E-state index contributed by atoms with van der Waals surface area (Å²) in [5, 5.41) is 0.895. The Labute approximate surface area is 186 Å². The first kappa shape index (κ1) is 21.5. The van der Waals surface area contributed by atoms with Crippen molar-refractivity contribution in [3.63, 3.8) is 0 Å². The molecule has 1 aliphatic heterocycles. The average molecular weight is 461 g/mol. The molecule has 8 nitrogen and oxygen atoms in total. The molecule has 0 atom stereocenters. The number of ether oxygens (including phenoxy) is 1. The molecule has 1 amide bonds. The summed E-state index contributed by atoms with van der Waals surface area (Å²) in [6.07, 6.45) is -0.388. The van der Waals surface area contributed by atoms with Gasteiger partial charge in [0.15, 0.2) is 5.13 Å². The largest absolute Gasteiger partial charge is 0.447 e. The van der Waals surface area contributed by atoms with Crippen molar-refractivity contribution in [1.82, 2.24) is 14.9 Å². The van der Waals surface area contributed by atoms with E-state index in [1.54, 1.807) is 4.90 Å². The molecule has 3 heterocycles. The number of fused-ring (bicyclic) bond motifs is 1. The lowest BCUT2D eigenvalue weighted by Gasteiger charge is -2.34. The lowest BCUT2D eigenvalue weighted by atomic mass is 10.1. The normalized spacial score (nSPS) is 14.6. The van der Waals surface area contributed by atoms with Crippen LogP contribution in [0, 0.1) is 0 Å². The summed E-state index contributed by atoms with van der Waals surface area (Å²) in [6, 6.07) is 11.3. The van der Waals surface area contributed by atoms with Crippen LogP contribution in [-0.4, -0.2) is 61.7 Å². The zero-order valence-corrected chi connectivity index (χ0v) is 19.1. The second-order valence-electron chi connectivity index (χ2n) is 7.61. The van der Waals surface area contributed by atoms with Crippen LogP contribution in [0.15, 0.2) is 36.4 Å². The maximum atomic E-state index is 12.1. The fraction of sp³-hybridized carbons (Fsp3) is 0.381. The van der Waals surface area contributed by atoms with E-state index >= 15 is 0 Å². The summed E-state index contributed by atoms with van der Waals surface area (Å²) in [5.41, 5.74) is 3.35. The molecule has 0 N–H and O–H groups in total. The minimum Gasteiger partial charge on any atom is -0.447 e. The fourth-order valence-corrected chi connectivity index (χ4v) is 4.89. The van der Waals surface area contributed by atoms with Gasteiger partial charge in [-0.05, 0) is 31.5 Å². The number of thiazole rings is 1. The molecule has 0 aliphatic carbocycles. The molecule has 1 saturated heterocycles. The third-order valence-electron chi connectivity index (χ3n) is 4.95. The number of rotatable bonds is 5. The number of piperazine rings is 1. The van der Waals surface area contributed by atoms with E-state index < -0.39 is 10.7 Å². The third-order valence-corrected chi connectivity index (χ3v) is 6.60. The van der Waals surface area contributed by atoms with E-state index in [4.69, 9.17) is 14.7 Å². The highest BCUT2D eigenvalue weighted by Gasteiger charge is 2.24. The highest BCUT2D eigenvalue weighted by Crippen LogP contribution is 2.30. The minimum atomic E-state index is -2.43. The van der Waals surface area contributed by atoms with Crippen LogP contribution in [0.25, 0.3) is 21.6 Å². The lowest BCUT2D eigenvalue weighted by Crippen LogP contribution is -2.49. The summed E-state index contributed by atoms with van der Waals surface area (Å²) in [5.74, 6) is 0.0444. The fourth-order valence-electron chi connectivity index (χ4n) is 3.39. The Kier molecular flexibility index (Phi) is 6.38. The first-order valence-electron chi connectivity index (χ1n) is 10.1. The maximum Gasteiger partial charge on any atom is 0.410 e. The van der Waals surface area contributed by atoms with Crippen LogP contribution in [0.5, 0.6) is 0 Å². The number of thiol groups is 1. The van der Waals surface area contributed by atoms with Gasteiger partial charge in [0.25, 0.3) is 0 Å². The van der Waals surface area contributed by atoms with Crippen molar-refractivity contribution in [2.75, 3.05) is 31.1 Å². The topological polar surface area (TPSA) is 92.7 Å². The molecule has 0 bridgehead atoms. The number of hydrogen-bond donors (Lipinski definition) is 1. The summed E-state index contributed by atoms with van der Waals surface area (Å²) in [7, 11) is -2.43. The van der Waals surface area contributed by atoms with Crippen molar-refractivity contribution in [3.05, 3.63) is 42.0 Å². The molecule has 1 aromatic carbocycles. The van der Waals surface area contributed by atoms with Crippen LogP contribution in [-0.2, 0) is 21.2 Å². The van der Waals surface area contributed by atoms with Gasteiger partial charge < -0.3 is 14.5 Å². The molecular formula is C21H24N4O4S2. The van der Waals surface area contributed by atoms with Gasteiger partial charge in [-0.25, -0.2) is 23.2 Å². The third kappa shape index (κ3) is 5.13. The van der Waals surface area contributed by atoms with Gasteiger partial charge in [-0.1, -0.05) is 35.6 Å². The molecule has 2 aromatic heterocycles. The Morgan fingerprint density at radius 1 is 1.06 bits per heavy atom. The molecule has 4 rings (SSSR count). The SMILES string of the molecule is CC(C)OC(=O)N1CCN(c2nc3ccc(-c4ccc(C[SH](=O)=O)cc4)nc3s2)CC1. The van der Waals surface area contributed by atoms with E-state index in [9.17, 15) is 13.2 Å². The lowest BCUT2D eigenvalue weighted by molar-refractivity contribution is 0.0751. The van der Waals surface area contributed by atoms with Gasteiger partial charge in [-0.15, -0.1) is 0 Å². The number of nitrogens with zero attached hydrogens (tertiary/aromatic N) is 4. The van der Waals surface area contributed by atoms with E-state index in [1.165, 1.54) is 11.3 Å². The van der Waals surface area contributed by atoms with Crippen LogP contribution in [0.1, 0.15) is 19.4 Å². The number of anilines is 1. The van der Waals surface area contributed by atoms with Gasteiger partial charge in [-0.2, -0.15) is 0 Å². The summed E-state index contributed by atoms with van der Waals surface area (Å²) in [6.45, 7) is 6.29. The van der Waals surface area contributed by atoms with Crippen LogP contribution in [0.2, 0.25) is 0 Å². The van der Waals surface area contributed by atoms with E-state index in [0.29, 0.717) is 26.2 Å². The smallest absolute Gasteiger partial charge is 0.410 e. The number of amides is 1. The zero-order chi connectivity index (χ0) is 22.0. The summed E-state index contributed by atoms with van der Waals surface area (Å²) < 4.78 is 27.0. The van der Waals surface area contributed by atoms with Crippen molar-refractivity contribution < 1.29 is 17.9 Å². The van der Waals surface area contributed by atoms with Crippen LogP contribution in [0.4, 0.5) is 9.93 Å². The van der Waals surface area contributed by atoms with E-state index in [2.05, 4.69) is 4.90 Å². The Bertz CT molecular complexity index is 1140. The molecule has 3 aromatic rings. The molecule has 0 spiro atoms. The standard InChI is InChI=1S/C21H24N4O4S2/c1-14(2)29-21(26)25-11-9-24(10-12-25)20-23-18-8-7-17(22-19(18)30-20)16-5-3-15(4-6-16)13-31(27)28/h3-8,14,31H,9-13H2,1-2H3. The predicted octanol–water partition coefficient (Wildman–Crippen LogP) is 3.14. The van der Waals surface area contributed by atoms with E-state index in [1.807, 2.05) is 50.2 Å². The molecule has 0 unspecified atom stereocenters. The number of carbonyl (C=O) groups excluding carboxylic acids is 1. The van der Waals surface area contributed by atoms with Gasteiger partial charge >= 0.3 is 6.09 Å². The van der Waals surface area contributed by atoms with Gasteiger partial charge in [0.05, 0.1) is 17.6 Å². The molecule has 10 heteroatoms. The molecule has 1 aliphatic rings. The monoisotopic (exact) mass is 460 g/mol. The predicted molar refractivity (Wildman–Crippen MR) is 122 cm³/mol. The minimum absolute atomic E-state index is 0.0444. The summed E-state index contributed by atoms with van der Waals surface area (Å²) in [4.78, 5) is 26.3. The molecule has 0 saturated carbocycles. The van der Waals surface area contributed by atoms with Crippen LogP contribution < -0.4 is 4.90 Å². The molecule has 31 heavy (non-hydrogen) atoms. The number of hydrogen-bond acceptors (Lipinski definition) is 8. The Balaban J connectivity index is 1.46. The van der Waals surface area contributed by atoms with Crippen molar-refractivity contribution in [2.45, 2.75) is 25.7 Å². The first-order chi connectivity index (χ1) is 14.9. The van der Waals surface area contributed by atoms with Gasteiger partial charge in [0.2, 0.25) is 0 Å². The number of pyridine rings is 1. The Morgan fingerprint density at radius 3 is 2.42 bits per heavy atom. The Morgan fingerprint density at radius 2 is 1.77 bits per heavy atom. The second-order valence-corrected chi connectivity index (χ2v) is 9.55. The number of benzene rings is 1. The molecule has 1 fully saturated rings. The average Bonchev–Trinajstić information content (AvgIpc) is 3.17. The molecule has 0 radical (unpaired) electrons. The number of carbonyl (C=O) groups is 1. The molecule has 164 valence electrons. The highest BCUT2D eigenvalue weighted by atomic mass is 32.2. The van der Waals surface area contributed by atoms with Crippen molar-refractivity contribution in [1.29, 1.82) is 0 Å². The quantitative estimate of drug-likeness (QED) is 0.585. The molecular weight excluding hydrogens is 436 g/mol. The van der Waals surface area contributed by atoms with Crippen molar-refractivity contribution in [2.24, 2.45) is 0 Å². The van der Waals surface area contributed by atoms with Crippen LogP contribution >= 0.6 is 11.3 Å². The van der Waals surface area contributed by atoms with E-state index in [-0.39, 0.29) is 18.0 Å². The maximum absolute atomic E-state index is 12.1. The summed E-state index contributed by atoms with van der Waals surface area (Å²) >= 11 is 1.53.